The third-order valence-corrected chi connectivity index (χ3v) is 2.80. The van der Waals surface area contributed by atoms with Gasteiger partial charge in [-0.05, 0) is 24.6 Å². The van der Waals surface area contributed by atoms with Crippen LogP contribution in [0.1, 0.15) is 22.2 Å². The lowest BCUT2D eigenvalue weighted by molar-refractivity contribution is 0.563. The van der Waals surface area contributed by atoms with E-state index in [9.17, 15) is 0 Å². The van der Waals surface area contributed by atoms with E-state index in [1.807, 2.05) is 25.1 Å². The Morgan fingerprint density at radius 3 is 3.00 bits per heavy atom. The first-order valence-electron chi connectivity index (χ1n) is 4.84. The molecule has 3 heteroatoms. The zero-order valence-electron chi connectivity index (χ0n) is 8.48. The topological polar surface area (TPSA) is 26.0 Å². The minimum Gasteiger partial charge on any atom is -0.472 e. The van der Waals surface area contributed by atoms with Gasteiger partial charge in [-0.1, -0.05) is 6.07 Å². The molecule has 0 fully saturated rings. The summed E-state index contributed by atoms with van der Waals surface area (Å²) in [5, 5.41) is -0.0719. The van der Waals surface area contributed by atoms with E-state index >= 15 is 0 Å². The molecule has 0 radical (unpaired) electrons. The molecule has 78 valence electrons. The fraction of sp³-hybridized carbons (Fsp3) is 0.250. The van der Waals surface area contributed by atoms with Crippen molar-refractivity contribution < 1.29 is 4.42 Å². The fourth-order valence-corrected chi connectivity index (χ4v) is 1.74. The predicted molar refractivity (Wildman–Crippen MR) is 60.0 cm³/mol. The molecule has 0 saturated heterocycles. The van der Waals surface area contributed by atoms with Crippen LogP contribution in [0.3, 0.4) is 0 Å². The van der Waals surface area contributed by atoms with Gasteiger partial charge in [-0.3, -0.25) is 4.98 Å². The first-order valence-corrected chi connectivity index (χ1v) is 5.27. The Morgan fingerprint density at radius 1 is 1.47 bits per heavy atom. The number of hydrogen-bond donors (Lipinski definition) is 0. The average Bonchev–Trinajstić information content (AvgIpc) is 2.74. The summed E-state index contributed by atoms with van der Waals surface area (Å²) in [5.74, 6) is 0. The van der Waals surface area contributed by atoms with Gasteiger partial charge >= 0.3 is 0 Å². The maximum atomic E-state index is 6.25. The molecule has 0 bridgehead atoms. The van der Waals surface area contributed by atoms with E-state index in [0.29, 0.717) is 0 Å². The quantitative estimate of drug-likeness (QED) is 0.742. The molecule has 2 heterocycles. The second-order valence-corrected chi connectivity index (χ2v) is 4.02. The van der Waals surface area contributed by atoms with Crippen LogP contribution in [-0.2, 0) is 6.42 Å². The van der Waals surface area contributed by atoms with Crippen molar-refractivity contribution in [3.05, 3.63) is 53.7 Å². The maximum Gasteiger partial charge on any atom is 0.0949 e. The summed E-state index contributed by atoms with van der Waals surface area (Å²) < 4.78 is 5.00. The molecule has 0 amide bonds. The van der Waals surface area contributed by atoms with Crippen LogP contribution < -0.4 is 0 Å². The Bertz CT molecular complexity index is 425. The molecule has 0 N–H and O–H groups in total. The van der Waals surface area contributed by atoms with Gasteiger partial charge in [0.2, 0.25) is 0 Å². The van der Waals surface area contributed by atoms with Gasteiger partial charge in [-0.15, -0.1) is 11.6 Å². The van der Waals surface area contributed by atoms with Crippen LogP contribution in [0, 0.1) is 6.92 Å². The van der Waals surface area contributed by atoms with E-state index < -0.39 is 0 Å². The number of aromatic nitrogens is 1. The standard InChI is InChI=1S/C12H12ClNO/c1-9-3-2-5-14-12(9)7-11(13)10-4-6-15-8-10/h2-6,8,11H,7H2,1H3. The molecular weight excluding hydrogens is 210 g/mol. The molecule has 1 unspecified atom stereocenters. The summed E-state index contributed by atoms with van der Waals surface area (Å²) in [6.07, 6.45) is 5.83. The Labute approximate surface area is 93.9 Å². The summed E-state index contributed by atoms with van der Waals surface area (Å²) in [7, 11) is 0. The number of hydrogen-bond acceptors (Lipinski definition) is 2. The van der Waals surface area contributed by atoms with Gasteiger partial charge in [0.25, 0.3) is 0 Å². The van der Waals surface area contributed by atoms with Gasteiger partial charge in [0, 0.05) is 23.9 Å². The van der Waals surface area contributed by atoms with E-state index in [0.717, 1.165) is 17.7 Å². The molecule has 1 atom stereocenters. The Hall–Kier alpha value is -1.28. The van der Waals surface area contributed by atoms with Crippen LogP contribution in [0.2, 0.25) is 0 Å². The highest BCUT2D eigenvalue weighted by Crippen LogP contribution is 2.25. The minimum absolute atomic E-state index is 0.0719. The average molecular weight is 222 g/mol. The van der Waals surface area contributed by atoms with Crippen molar-refractivity contribution in [3.8, 4) is 0 Å². The van der Waals surface area contributed by atoms with Crippen molar-refractivity contribution in [2.75, 3.05) is 0 Å². The SMILES string of the molecule is Cc1cccnc1CC(Cl)c1ccoc1. The monoisotopic (exact) mass is 221 g/mol. The highest BCUT2D eigenvalue weighted by Gasteiger charge is 2.11. The molecular formula is C12H12ClNO. The lowest BCUT2D eigenvalue weighted by atomic mass is 10.1. The lowest BCUT2D eigenvalue weighted by Crippen LogP contribution is -1.99. The Kier molecular flexibility index (Phi) is 3.07. The van der Waals surface area contributed by atoms with Crippen LogP contribution in [0.4, 0.5) is 0 Å². The molecule has 2 nitrogen and oxygen atoms in total. The largest absolute Gasteiger partial charge is 0.472 e. The number of aryl methyl sites for hydroxylation is 1. The maximum absolute atomic E-state index is 6.25. The number of pyridine rings is 1. The summed E-state index contributed by atoms with van der Waals surface area (Å²) in [6, 6.07) is 5.86. The van der Waals surface area contributed by atoms with E-state index in [1.54, 1.807) is 18.7 Å². The van der Waals surface area contributed by atoms with Crippen molar-refractivity contribution in [1.29, 1.82) is 0 Å². The summed E-state index contributed by atoms with van der Waals surface area (Å²) in [4.78, 5) is 4.31. The van der Waals surface area contributed by atoms with Crippen LogP contribution in [0.5, 0.6) is 0 Å². The molecule has 0 spiro atoms. The molecule has 2 aromatic heterocycles. The normalized spacial score (nSPS) is 12.7. The molecule has 15 heavy (non-hydrogen) atoms. The third-order valence-electron chi connectivity index (χ3n) is 2.40. The van der Waals surface area contributed by atoms with Crippen LogP contribution in [0.15, 0.2) is 41.3 Å². The van der Waals surface area contributed by atoms with Gasteiger partial charge in [0.1, 0.15) is 0 Å². The highest BCUT2D eigenvalue weighted by atomic mass is 35.5. The number of rotatable bonds is 3. The van der Waals surface area contributed by atoms with Crippen LogP contribution in [-0.4, -0.2) is 4.98 Å². The second-order valence-electron chi connectivity index (χ2n) is 3.50. The van der Waals surface area contributed by atoms with E-state index in [2.05, 4.69) is 4.98 Å². The smallest absolute Gasteiger partial charge is 0.0949 e. The molecule has 0 aliphatic carbocycles. The molecule has 0 aromatic carbocycles. The Morgan fingerprint density at radius 2 is 2.33 bits per heavy atom. The van der Waals surface area contributed by atoms with Gasteiger partial charge in [-0.25, -0.2) is 0 Å². The Balaban J connectivity index is 2.13. The van der Waals surface area contributed by atoms with Crippen molar-refractivity contribution >= 4 is 11.6 Å². The molecule has 2 aromatic rings. The minimum atomic E-state index is -0.0719. The predicted octanol–water partition coefficient (Wildman–Crippen LogP) is 3.51. The molecule has 0 saturated carbocycles. The van der Waals surface area contributed by atoms with E-state index in [4.69, 9.17) is 16.0 Å². The lowest BCUT2D eigenvalue weighted by Gasteiger charge is -2.08. The second kappa shape index (κ2) is 4.49. The van der Waals surface area contributed by atoms with Gasteiger partial charge in [0.05, 0.1) is 17.9 Å². The summed E-state index contributed by atoms with van der Waals surface area (Å²) in [6.45, 7) is 2.04. The molecule has 0 aliphatic heterocycles. The zero-order valence-corrected chi connectivity index (χ0v) is 9.24. The number of alkyl halides is 1. The van der Waals surface area contributed by atoms with Gasteiger partial charge in [-0.2, -0.15) is 0 Å². The van der Waals surface area contributed by atoms with Gasteiger partial charge in [0.15, 0.2) is 0 Å². The van der Waals surface area contributed by atoms with Crippen molar-refractivity contribution in [2.24, 2.45) is 0 Å². The summed E-state index contributed by atoms with van der Waals surface area (Å²) in [5.41, 5.74) is 3.21. The first kappa shape index (κ1) is 10.2. The number of nitrogens with zero attached hydrogens (tertiary/aromatic N) is 1. The molecule has 2 rings (SSSR count). The van der Waals surface area contributed by atoms with E-state index in [1.165, 1.54) is 5.56 Å². The van der Waals surface area contributed by atoms with Crippen molar-refractivity contribution in [1.82, 2.24) is 4.98 Å². The van der Waals surface area contributed by atoms with Crippen molar-refractivity contribution in [3.63, 3.8) is 0 Å². The first-order chi connectivity index (χ1) is 7.27. The van der Waals surface area contributed by atoms with Crippen LogP contribution in [0.25, 0.3) is 0 Å². The molecule has 0 aliphatic rings. The highest BCUT2D eigenvalue weighted by molar-refractivity contribution is 6.20. The van der Waals surface area contributed by atoms with Gasteiger partial charge < -0.3 is 4.42 Å². The number of furan rings is 1. The number of halogens is 1. The third kappa shape index (κ3) is 2.39. The fourth-order valence-electron chi connectivity index (χ4n) is 1.47. The van der Waals surface area contributed by atoms with Crippen LogP contribution >= 0.6 is 11.6 Å². The zero-order chi connectivity index (χ0) is 10.7. The summed E-state index contributed by atoms with van der Waals surface area (Å²) >= 11 is 6.25. The van der Waals surface area contributed by atoms with Crippen molar-refractivity contribution in [2.45, 2.75) is 18.7 Å². The van der Waals surface area contributed by atoms with E-state index in [-0.39, 0.29) is 5.38 Å².